The zero-order valence-corrected chi connectivity index (χ0v) is 13.8. The quantitative estimate of drug-likeness (QED) is 0.798. The number of nitrogens with one attached hydrogen (secondary N) is 1. The van der Waals surface area contributed by atoms with Gasteiger partial charge in [-0.2, -0.15) is 5.26 Å². The number of para-hydroxylation sites is 1. The highest BCUT2D eigenvalue weighted by atomic mass is 16.1. The van der Waals surface area contributed by atoms with E-state index in [2.05, 4.69) is 5.32 Å². The molecule has 1 aromatic heterocycles. The van der Waals surface area contributed by atoms with Crippen molar-refractivity contribution < 1.29 is 4.79 Å². The van der Waals surface area contributed by atoms with Gasteiger partial charge >= 0.3 is 0 Å². The predicted octanol–water partition coefficient (Wildman–Crippen LogP) is 2.61. The van der Waals surface area contributed by atoms with Gasteiger partial charge in [0.05, 0.1) is 17.1 Å². The number of amides is 1. The molecule has 124 valence electrons. The highest BCUT2D eigenvalue weighted by Crippen LogP contribution is 2.12. The second kappa shape index (κ2) is 7.02. The molecule has 3 rings (SSSR count). The first-order valence-electron chi connectivity index (χ1n) is 7.97. The summed E-state index contributed by atoms with van der Waals surface area (Å²) >= 11 is 0. The normalized spacial score (nSPS) is 10.4. The Morgan fingerprint density at radius 3 is 2.76 bits per heavy atom. The van der Waals surface area contributed by atoms with E-state index in [-0.39, 0.29) is 11.5 Å². The number of carbonyl (C=O) groups is 1. The second-order valence-corrected chi connectivity index (χ2v) is 5.79. The number of benzene rings is 2. The monoisotopic (exact) mass is 331 g/mol. The van der Waals surface area contributed by atoms with Crippen molar-refractivity contribution in [3.63, 3.8) is 0 Å². The Balaban J connectivity index is 1.77. The SMILES string of the molecule is Cc1cc2ccccc2n(CCNC(=O)c2cccc(C#N)c2)c1=O. The van der Waals surface area contributed by atoms with Gasteiger partial charge in [0.2, 0.25) is 0 Å². The van der Waals surface area contributed by atoms with Gasteiger partial charge in [-0.05, 0) is 42.6 Å². The van der Waals surface area contributed by atoms with E-state index in [4.69, 9.17) is 5.26 Å². The van der Waals surface area contributed by atoms with E-state index >= 15 is 0 Å². The van der Waals surface area contributed by atoms with Crippen molar-refractivity contribution in [2.24, 2.45) is 0 Å². The maximum atomic E-state index is 12.4. The van der Waals surface area contributed by atoms with E-state index in [1.807, 2.05) is 36.4 Å². The molecule has 0 spiro atoms. The zero-order valence-electron chi connectivity index (χ0n) is 13.8. The Hall–Kier alpha value is -3.39. The topological polar surface area (TPSA) is 74.9 Å². The van der Waals surface area contributed by atoms with Gasteiger partial charge in [0, 0.05) is 24.2 Å². The lowest BCUT2D eigenvalue weighted by atomic mass is 10.1. The summed E-state index contributed by atoms with van der Waals surface area (Å²) in [6, 6.07) is 18.1. The summed E-state index contributed by atoms with van der Waals surface area (Å²) < 4.78 is 1.68. The Kier molecular flexibility index (Phi) is 4.62. The number of hydrogen-bond acceptors (Lipinski definition) is 3. The molecule has 3 aromatic rings. The van der Waals surface area contributed by atoms with Crippen LogP contribution >= 0.6 is 0 Å². The molecule has 5 heteroatoms. The van der Waals surface area contributed by atoms with E-state index < -0.39 is 0 Å². The molecule has 5 nitrogen and oxygen atoms in total. The number of hydrogen-bond donors (Lipinski definition) is 1. The number of aromatic nitrogens is 1. The third-order valence-electron chi connectivity index (χ3n) is 4.06. The van der Waals surface area contributed by atoms with Gasteiger partial charge in [-0.1, -0.05) is 24.3 Å². The van der Waals surface area contributed by atoms with Crippen LogP contribution in [0.5, 0.6) is 0 Å². The van der Waals surface area contributed by atoms with Gasteiger partial charge in [0.1, 0.15) is 0 Å². The molecule has 0 saturated heterocycles. The third-order valence-corrected chi connectivity index (χ3v) is 4.06. The molecule has 0 atom stereocenters. The van der Waals surface area contributed by atoms with E-state index in [9.17, 15) is 9.59 Å². The molecule has 0 fully saturated rings. The highest BCUT2D eigenvalue weighted by Gasteiger charge is 2.08. The summed E-state index contributed by atoms with van der Waals surface area (Å²) in [7, 11) is 0. The first-order chi connectivity index (χ1) is 12.1. The van der Waals surface area contributed by atoms with Crippen LogP contribution in [0.25, 0.3) is 10.9 Å². The first kappa shape index (κ1) is 16.5. The first-order valence-corrected chi connectivity index (χ1v) is 7.97. The van der Waals surface area contributed by atoms with Crippen LogP contribution in [0.2, 0.25) is 0 Å². The molecule has 2 aromatic carbocycles. The van der Waals surface area contributed by atoms with E-state index in [0.29, 0.717) is 29.8 Å². The van der Waals surface area contributed by atoms with E-state index in [0.717, 1.165) is 10.9 Å². The lowest BCUT2D eigenvalue weighted by Gasteiger charge is -2.12. The van der Waals surface area contributed by atoms with Crippen LogP contribution in [0.15, 0.2) is 59.4 Å². The number of carbonyl (C=O) groups excluding carboxylic acids is 1. The van der Waals surface area contributed by atoms with Crippen LogP contribution in [-0.4, -0.2) is 17.0 Å². The third kappa shape index (κ3) is 3.43. The van der Waals surface area contributed by atoms with Crippen molar-refractivity contribution in [3.05, 3.63) is 81.6 Å². The van der Waals surface area contributed by atoms with Crippen LogP contribution in [0.3, 0.4) is 0 Å². The molecule has 0 bridgehead atoms. The molecule has 1 amide bonds. The zero-order chi connectivity index (χ0) is 17.8. The van der Waals surface area contributed by atoms with E-state index in [1.54, 1.807) is 35.8 Å². The molecule has 1 N–H and O–H groups in total. The highest BCUT2D eigenvalue weighted by molar-refractivity contribution is 5.94. The molecule has 0 saturated carbocycles. The second-order valence-electron chi connectivity index (χ2n) is 5.79. The summed E-state index contributed by atoms with van der Waals surface area (Å²) in [6.07, 6.45) is 0. The predicted molar refractivity (Wildman–Crippen MR) is 96.4 cm³/mol. The van der Waals surface area contributed by atoms with Gasteiger partial charge in [-0.15, -0.1) is 0 Å². The van der Waals surface area contributed by atoms with Crippen LogP contribution < -0.4 is 10.9 Å². The minimum atomic E-state index is -0.262. The van der Waals surface area contributed by atoms with Crippen LogP contribution in [0, 0.1) is 18.3 Å². The number of rotatable bonds is 4. The summed E-state index contributed by atoms with van der Waals surface area (Å²) in [5, 5.41) is 12.7. The summed E-state index contributed by atoms with van der Waals surface area (Å²) in [4.78, 5) is 24.6. The Morgan fingerprint density at radius 2 is 1.96 bits per heavy atom. The molecule has 0 aliphatic carbocycles. The minimum absolute atomic E-state index is 0.0561. The molecule has 0 radical (unpaired) electrons. The minimum Gasteiger partial charge on any atom is -0.350 e. The Bertz CT molecular complexity index is 1040. The molecule has 0 aliphatic rings. The molecule has 25 heavy (non-hydrogen) atoms. The average molecular weight is 331 g/mol. The van der Waals surface area contributed by atoms with Crippen molar-refractivity contribution in [2.45, 2.75) is 13.5 Å². The van der Waals surface area contributed by atoms with Gasteiger partial charge in [-0.3, -0.25) is 9.59 Å². The fraction of sp³-hybridized carbons (Fsp3) is 0.150. The lowest BCUT2D eigenvalue weighted by molar-refractivity contribution is 0.0952. The largest absolute Gasteiger partial charge is 0.350 e. The van der Waals surface area contributed by atoms with Crippen molar-refractivity contribution >= 4 is 16.8 Å². The van der Waals surface area contributed by atoms with Crippen molar-refractivity contribution in [3.8, 4) is 6.07 Å². The molecular formula is C20H17N3O2. The number of pyridine rings is 1. The molecule has 1 heterocycles. The summed E-state index contributed by atoms with van der Waals surface area (Å²) in [6.45, 7) is 2.49. The van der Waals surface area contributed by atoms with Crippen molar-refractivity contribution in [1.29, 1.82) is 5.26 Å². The fourth-order valence-corrected chi connectivity index (χ4v) is 2.81. The maximum Gasteiger partial charge on any atom is 0.254 e. The molecule has 0 aliphatic heterocycles. The number of nitriles is 1. The summed E-state index contributed by atoms with van der Waals surface area (Å²) in [5.74, 6) is -0.262. The van der Waals surface area contributed by atoms with Gasteiger partial charge in [-0.25, -0.2) is 0 Å². The smallest absolute Gasteiger partial charge is 0.254 e. The lowest BCUT2D eigenvalue weighted by Crippen LogP contribution is -2.31. The summed E-state index contributed by atoms with van der Waals surface area (Å²) in [5.41, 5.74) is 2.33. The van der Waals surface area contributed by atoms with Crippen LogP contribution in [-0.2, 0) is 6.54 Å². The van der Waals surface area contributed by atoms with Crippen molar-refractivity contribution in [1.82, 2.24) is 9.88 Å². The Morgan fingerprint density at radius 1 is 1.16 bits per heavy atom. The van der Waals surface area contributed by atoms with Gasteiger partial charge < -0.3 is 9.88 Å². The van der Waals surface area contributed by atoms with Gasteiger partial charge in [0.15, 0.2) is 0 Å². The average Bonchev–Trinajstić information content (AvgIpc) is 2.64. The standard InChI is InChI=1S/C20H17N3O2/c1-14-11-16-6-2-3-8-18(16)23(20(14)25)10-9-22-19(24)17-7-4-5-15(12-17)13-21/h2-8,11-12H,9-10H2,1H3,(H,22,24). The van der Waals surface area contributed by atoms with Crippen molar-refractivity contribution in [2.75, 3.05) is 6.54 Å². The van der Waals surface area contributed by atoms with E-state index in [1.165, 1.54) is 0 Å². The number of fused-ring (bicyclic) bond motifs is 1. The fourth-order valence-electron chi connectivity index (χ4n) is 2.81. The number of nitrogens with zero attached hydrogens (tertiary/aromatic N) is 2. The maximum absolute atomic E-state index is 12.4. The molecular weight excluding hydrogens is 314 g/mol. The number of aryl methyl sites for hydroxylation is 1. The Labute approximate surface area is 145 Å². The molecule has 0 unspecified atom stereocenters. The van der Waals surface area contributed by atoms with Gasteiger partial charge in [0.25, 0.3) is 11.5 Å². The van der Waals surface area contributed by atoms with Crippen LogP contribution in [0.4, 0.5) is 0 Å². The van der Waals surface area contributed by atoms with Crippen LogP contribution in [0.1, 0.15) is 21.5 Å².